The van der Waals surface area contributed by atoms with Crippen molar-refractivity contribution in [3.8, 4) is 0 Å². The lowest BCUT2D eigenvalue weighted by Crippen LogP contribution is -2.03. The van der Waals surface area contributed by atoms with E-state index in [1.165, 1.54) is 0 Å². The summed E-state index contributed by atoms with van der Waals surface area (Å²) < 4.78 is 0. The number of amides is 1. The topological polar surface area (TPSA) is 44.9 Å². The van der Waals surface area contributed by atoms with Crippen LogP contribution < -0.4 is 5.32 Å². The van der Waals surface area contributed by atoms with Crippen LogP contribution in [0.25, 0.3) is 11.6 Å². The number of aryl methyl sites for hydroxylation is 1. The number of halogens is 1. The molecule has 2 aromatic rings. The number of aromatic amines is 1. The number of rotatable bonds is 3. The first kappa shape index (κ1) is 12.1. The van der Waals surface area contributed by atoms with E-state index in [1.807, 2.05) is 42.6 Å². The number of carbonyl (C=O) groups is 1. The van der Waals surface area contributed by atoms with E-state index >= 15 is 0 Å². The maximum Gasteiger partial charge on any atom is 0.256 e. The van der Waals surface area contributed by atoms with E-state index in [9.17, 15) is 4.79 Å². The summed E-state index contributed by atoms with van der Waals surface area (Å²) in [6, 6.07) is 9.80. The summed E-state index contributed by atoms with van der Waals surface area (Å²) in [5.41, 5.74) is 4.56. The molecule has 3 nitrogen and oxygen atoms in total. The molecule has 0 radical (unpaired) electrons. The van der Waals surface area contributed by atoms with Crippen molar-refractivity contribution >= 4 is 34.8 Å². The molecule has 4 heteroatoms. The van der Waals surface area contributed by atoms with Crippen LogP contribution in [0.1, 0.15) is 16.8 Å². The van der Waals surface area contributed by atoms with Gasteiger partial charge in [0, 0.05) is 29.0 Å². The summed E-state index contributed by atoms with van der Waals surface area (Å²) in [5.74, 6) is 0.517. The van der Waals surface area contributed by atoms with Crippen LogP contribution in [0.2, 0.25) is 0 Å². The van der Waals surface area contributed by atoms with Crippen LogP contribution in [0.5, 0.6) is 0 Å². The first-order valence-electron chi connectivity index (χ1n) is 6.13. The highest BCUT2D eigenvalue weighted by molar-refractivity contribution is 6.34. The zero-order chi connectivity index (χ0) is 13.2. The number of hydrogen-bond donors (Lipinski definition) is 2. The van der Waals surface area contributed by atoms with Gasteiger partial charge in [-0.1, -0.05) is 6.07 Å². The fraction of sp³-hybridized carbons (Fsp3) is 0.133. The van der Waals surface area contributed by atoms with E-state index in [1.54, 1.807) is 0 Å². The highest BCUT2D eigenvalue weighted by Gasteiger charge is 2.24. The quantitative estimate of drug-likeness (QED) is 0.654. The Morgan fingerprint density at radius 3 is 2.89 bits per heavy atom. The molecule has 0 bridgehead atoms. The van der Waals surface area contributed by atoms with Gasteiger partial charge in [-0.3, -0.25) is 4.79 Å². The normalized spacial score (nSPS) is 15.6. The average molecular weight is 273 g/mol. The summed E-state index contributed by atoms with van der Waals surface area (Å²) >= 11 is 5.76. The van der Waals surface area contributed by atoms with Crippen LogP contribution in [0.15, 0.2) is 36.5 Å². The second-order valence-corrected chi connectivity index (χ2v) is 4.83. The lowest BCUT2D eigenvalue weighted by atomic mass is 10.0. The van der Waals surface area contributed by atoms with E-state index in [2.05, 4.69) is 10.3 Å². The molecule has 2 heterocycles. The van der Waals surface area contributed by atoms with Crippen molar-refractivity contribution in [1.82, 2.24) is 4.98 Å². The first-order chi connectivity index (χ1) is 9.28. The van der Waals surface area contributed by atoms with Crippen LogP contribution in [0.3, 0.4) is 0 Å². The lowest BCUT2D eigenvalue weighted by molar-refractivity contribution is -0.110. The molecule has 1 aliphatic heterocycles. The Morgan fingerprint density at radius 2 is 2.16 bits per heavy atom. The lowest BCUT2D eigenvalue weighted by Gasteiger charge is -2.02. The third-order valence-electron chi connectivity index (χ3n) is 3.17. The number of benzene rings is 1. The summed E-state index contributed by atoms with van der Waals surface area (Å²) in [6.07, 6.45) is 4.51. The number of carbonyl (C=O) groups excluding carboxylic acids is 1. The van der Waals surface area contributed by atoms with Gasteiger partial charge in [-0.15, -0.1) is 11.6 Å². The summed E-state index contributed by atoms with van der Waals surface area (Å²) in [5, 5.41) is 2.88. The monoisotopic (exact) mass is 272 g/mol. The molecule has 96 valence electrons. The number of H-pyrrole nitrogens is 1. The fourth-order valence-electron chi connectivity index (χ4n) is 2.23. The Labute approximate surface area is 116 Å². The third kappa shape index (κ3) is 2.29. The Kier molecular flexibility index (Phi) is 3.13. The van der Waals surface area contributed by atoms with Crippen molar-refractivity contribution in [1.29, 1.82) is 0 Å². The van der Waals surface area contributed by atoms with Crippen molar-refractivity contribution in [2.45, 2.75) is 6.42 Å². The smallest absolute Gasteiger partial charge is 0.256 e. The summed E-state index contributed by atoms with van der Waals surface area (Å²) in [7, 11) is 0. The molecule has 0 spiro atoms. The van der Waals surface area contributed by atoms with E-state index in [0.29, 0.717) is 11.5 Å². The van der Waals surface area contributed by atoms with Crippen LogP contribution in [0, 0.1) is 0 Å². The zero-order valence-corrected chi connectivity index (χ0v) is 11.0. The molecular weight excluding hydrogens is 260 g/mol. The molecule has 1 amide bonds. The minimum atomic E-state index is -0.0624. The number of anilines is 1. The second-order valence-electron chi connectivity index (χ2n) is 4.46. The molecule has 3 rings (SSSR count). The van der Waals surface area contributed by atoms with Gasteiger partial charge in [0.15, 0.2) is 0 Å². The minimum Gasteiger partial charge on any atom is -0.362 e. The fourth-order valence-corrected chi connectivity index (χ4v) is 2.45. The molecule has 0 atom stereocenters. The van der Waals surface area contributed by atoms with Crippen LogP contribution in [0.4, 0.5) is 5.69 Å². The van der Waals surface area contributed by atoms with E-state index in [-0.39, 0.29) is 5.91 Å². The predicted molar refractivity (Wildman–Crippen MR) is 78.2 cm³/mol. The van der Waals surface area contributed by atoms with Crippen LogP contribution in [-0.4, -0.2) is 16.8 Å². The molecule has 0 saturated heterocycles. The summed E-state index contributed by atoms with van der Waals surface area (Å²) in [4.78, 5) is 15.1. The van der Waals surface area contributed by atoms with Gasteiger partial charge in [-0.25, -0.2) is 0 Å². The Balaban J connectivity index is 2.05. The van der Waals surface area contributed by atoms with Gasteiger partial charge in [0.25, 0.3) is 5.91 Å². The highest BCUT2D eigenvalue weighted by Crippen LogP contribution is 2.33. The van der Waals surface area contributed by atoms with E-state index in [4.69, 9.17) is 11.6 Å². The number of aromatic nitrogens is 1. The van der Waals surface area contributed by atoms with Crippen LogP contribution >= 0.6 is 11.6 Å². The molecule has 2 N–H and O–H groups in total. The Hall–Kier alpha value is -2.00. The largest absolute Gasteiger partial charge is 0.362 e. The van der Waals surface area contributed by atoms with Crippen molar-refractivity contribution in [2.24, 2.45) is 0 Å². The summed E-state index contributed by atoms with van der Waals surface area (Å²) in [6.45, 7) is 0. The number of hydrogen-bond acceptors (Lipinski definition) is 1. The van der Waals surface area contributed by atoms with E-state index in [0.717, 1.165) is 28.9 Å². The van der Waals surface area contributed by atoms with Crippen LogP contribution in [-0.2, 0) is 11.2 Å². The molecular formula is C15H13ClN2O. The van der Waals surface area contributed by atoms with Crippen molar-refractivity contribution < 1.29 is 4.79 Å². The zero-order valence-electron chi connectivity index (χ0n) is 10.2. The van der Waals surface area contributed by atoms with Gasteiger partial charge in [-0.05, 0) is 42.3 Å². The number of fused-ring (bicyclic) bond motifs is 1. The van der Waals surface area contributed by atoms with E-state index < -0.39 is 0 Å². The van der Waals surface area contributed by atoms with Crippen molar-refractivity contribution in [3.05, 3.63) is 53.3 Å². The second kappa shape index (κ2) is 4.94. The van der Waals surface area contributed by atoms with Gasteiger partial charge in [0.2, 0.25) is 0 Å². The van der Waals surface area contributed by atoms with Crippen molar-refractivity contribution in [2.75, 3.05) is 11.2 Å². The van der Waals surface area contributed by atoms with Gasteiger partial charge in [0.05, 0.1) is 5.57 Å². The molecule has 0 unspecified atom stereocenters. The van der Waals surface area contributed by atoms with Crippen molar-refractivity contribution in [3.63, 3.8) is 0 Å². The van der Waals surface area contributed by atoms with Gasteiger partial charge >= 0.3 is 0 Å². The van der Waals surface area contributed by atoms with Gasteiger partial charge in [-0.2, -0.15) is 0 Å². The number of nitrogens with one attached hydrogen (secondary N) is 2. The third-order valence-corrected chi connectivity index (χ3v) is 3.36. The predicted octanol–water partition coefficient (Wildman–Crippen LogP) is 3.29. The highest BCUT2D eigenvalue weighted by atomic mass is 35.5. The molecule has 0 fully saturated rings. The SMILES string of the molecule is O=C1Nc2ccc(CCCl)cc2C1=Cc1ccc[nH]1. The maximum atomic E-state index is 12.0. The standard InChI is InChI=1S/C15H13ClN2O/c16-6-5-10-3-4-14-12(8-10)13(15(19)18-14)9-11-2-1-7-17-11/h1-4,7-9,17H,5-6H2,(H,18,19). The molecule has 1 aromatic carbocycles. The molecule has 1 aliphatic rings. The molecule has 1 aromatic heterocycles. The molecule has 0 saturated carbocycles. The number of alkyl halides is 1. The average Bonchev–Trinajstić information content (AvgIpc) is 3.00. The van der Waals surface area contributed by atoms with Gasteiger partial charge in [0.1, 0.15) is 0 Å². The Morgan fingerprint density at radius 1 is 1.26 bits per heavy atom. The molecule has 19 heavy (non-hydrogen) atoms. The first-order valence-corrected chi connectivity index (χ1v) is 6.67. The van der Waals surface area contributed by atoms with Gasteiger partial charge < -0.3 is 10.3 Å². The maximum absolute atomic E-state index is 12.0. The Bertz CT molecular complexity index is 644. The molecule has 0 aliphatic carbocycles. The minimum absolute atomic E-state index is 0.0624.